The first-order valence-electron chi connectivity index (χ1n) is 8.24. The first kappa shape index (κ1) is 16.6. The van der Waals surface area contributed by atoms with Gasteiger partial charge in [0.25, 0.3) is 0 Å². The summed E-state index contributed by atoms with van der Waals surface area (Å²) in [6.45, 7) is 7.17. The van der Waals surface area contributed by atoms with Crippen molar-refractivity contribution in [2.24, 2.45) is 5.92 Å². The first-order valence-corrected chi connectivity index (χ1v) is 9.22. The third-order valence-corrected chi connectivity index (χ3v) is 5.74. The van der Waals surface area contributed by atoms with E-state index < -0.39 is 5.60 Å². The summed E-state index contributed by atoms with van der Waals surface area (Å²) in [7, 11) is 0. The van der Waals surface area contributed by atoms with Gasteiger partial charge >= 0.3 is 6.09 Å². The average Bonchev–Trinajstić information content (AvgIpc) is 2.88. The topological polar surface area (TPSA) is 29.5 Å². The zero-order valence-electron chi connectivity index (χ0n) is 14.0. The summed E-state index contributed by atoms with van der Waals surface area (Å²) in [4.78, 5) is 15.0. The van der Waals surface area contributed by atoms with Gasteiger partial charge in [0.2, 0.25) is 0 Å². The molecule has 0 bridgehead atoms. The quantitative estimate of drug-likeness (QED) is 0.746. The molecule has 1 amide bonds. The van der Waals surface area contributed by atoms with E-state index in [1.54, 1.807) is 23.9 Å². The van der Waals surface area contributed by atoms with E-state index in [9.17, 15) is 9.18 Å². The van der Waals surface area contributed by atoms with Crippen molar-refractivity contribution in [3.8, 4) is 0 Å². The van der Waals surface area contributed by atoms with Crippen LogP contribution >= 0.6 is 11.8 Å². The van der Waals surface area contributed by atoms with Crippen LogP contribution in [0.15, 0.2) is 23.1 Å². The summed E-state index contributed by atoms with van der Waals surface area (Å²) in [6.07, 6.45) is 1.77. The predicted octanol–water partition coefficient (Wildman–Crippen LogP) is 4.66. The monoisotopic (exact) mass is 337 g/mol. The molecule has 5 heteroatoms. The minimum Gasteiger partial charge on any atom is -0.444 e. The number of fused-ring (bicyclic) bond motifs is 1. The molecule has 1 fully saturated rings. The van der Waals surface area contributed by atoms with Gasteiger partial charge in [-0.1, -0.05) is 6.07 Å². The van der Waals surface area contributed by atoms with E-state index in [1.165, 1.54) is 5.56 Å². The van der Waals surface area contributed by atoms with E-state index in [0.717, 1.165) is 36.6 Å². The average molecular weight is 337 g/mol. The fourth-order valence-electron chi connectivity index (χ4n) is 3.41. The van der Waals surface area contributed by atoms with E-state index in [2.05, 4.69) is 0 Å². The van der Waals surface area contributed by atoms with Crippen LogP contribution in [0.5, 0.6) is 0 Å². The van der Waals surface area contributed by atoms with Crippen LogP contribution in [-0.2, 0) is 4.74 Å². The van der Waals surface area contributed by atoms with E-state index in [0.29, 0.717) is 11.8 Å². The summed E-state index contributed by atoms with van der Waals surface area (Å²) < 4.78 is 18.8. The number of likely N-dealkylation sites (tertiary alicyclic amines) is 1. The Morgan fingerprint density at radius 3 is 2.65 bits per heavy atom. The molecule has 0 N–H and O–H groups in total. The van der Waals surface area contributed by atoms with Crippen LogP contribution in [0, 0.1) is 11.7 Å². The molecule has 2 aliphatic heterocycles. The number of hydrogen-bond acceptors (Lipinski definition) is 3. The highest BCUT2D eigenvalue weighted by molar-refractivity contribution is 7.99. The summed E-state index contributed by atoms with van der Waals surface area (Å²) in [5.74, 6) is 1.91. The van der Waals surface area contributed by atoms with Gasteiger partial charge in [0.1, 0.15) is 11.4 Å². The number of piperidine rings is 1. The molecule has 0 saturated carbocycles. The minimum atomic E-state index is -0.445. The second-order valence-electron chi connectivity index (χ2n) is 7.40. The van der Waals surface area contributed by atoms with Crippen LogP contribution in [0.2, 0.25) is 0 Å². The van der Waals surface area contributed by atoms with Crippen molar-refractivity contribution in [2.45, 2.75) is 50.0 Å². The molecule has 0 spiro atoms. The lowest BCUT2D eigenvalue weighted by molar-refractivity contribution is 0.0176. The number of amides is 1. The van der Waals surface area contributed by atoms with Gasteiger partial charge in [-0.3, -0.25) is 0 Å². The fraction of sp³-hybridized carbons (Fsp3) is 0.611. The third-order valence-electron chi connectivity index (χ3n) is 4.55. The molecular weight excluding hydrogens is 313 g/mol. The summed E-state index contributed by atoms with van der Waals surface area (Å²) in [6, 6.07) is 5.15. The zero-order chi connectivity index (χ0) is 16.6. The van der Waals surface area contributed by atoms with Crippen LogP contribution in [0.4, 0.5) is 9.18 Å². The smallest absolute Gasteiger partial charge is 0.410 e. The van der Waals surface area contributed by atoms with Gasteiger partial charge in [0, 0.05) is 23.7 Å². The Labute approximate surface area is 141 Å². The molecule has 1 aromatic rings. The van der Waals surface area contributed by atoms with Crippen LogP contribution in [-0.4, -0.2) is 35.4 Å². The maximum atomic E-state index is 13.3. The third kappa shape index (κ3) is 3.82. The Morgan fingerprint density at radius 1 is 1.30 bits per heavy atom. The second kappa shape index (κ2) is 6.34. The van der Waals surface area contributed by atoms with Gasteiger partial charge in [-0.2, -0.15) is 0 Å². The molecule has 1 aromatic carbocycles. The molecule has 0 aliphatic carbocycles. The fourth-order valence-corrected chi connectivity index (χ4v) is 4.80. The normalized spacial score (nSPS) is 22.1. The van der Waals surface area contributed by atoms with Crippen LogP contribution in [0.25, 0.3) is 0 Å². The lowest BCUT2D eigenvalue weighted by Gasteiger charge is -2.35. The van der Waals surface area contributed by atoms with Crippen LogP contribution < -0.4 is 0 Å². The molecule has 23 heavy (non-hydrogen) atoms. The number of rotatable bonds is 1. The van der Waals surface area contributed by atoms with Gasteiger partial charge in [-0.05, 0) is 63.1 Å². The van der Waals surface area contributed by atoms with Crippen molar-refractivity contribution in [1.29, 1.82) is 0 Å². The molecule has 126 valence electrons. The van der Waals surface area contributed by atoms with Crippen molar-refractivity contribution in [3.63, 3.8) is 0 Å². The standard InChI is InChI=1S/C18H24FNO2S/c1-18(2,3)22-17(21)20-8-6-12(7-9-20)15-11-23-16-10-13(19)4-5-14(15)16/h4-5,10,12,15H,6-9,11H2,1-3H3. The Bertz CT molecular complexity index is 591. The number of carbonyl (C=O) groups excluding carboxylic acids is 1. The first-order chi connectivity index (χ1) is 10.8. The summed E-state index contributed by atoms with van der Waals surface area (Å²) in [5.41, 5.74) is 0.839. The van der Waals surface area contributed by atoms with Gasteiger partial charge in [0.05, 0.1) is 0 Å². The minimum absolute atomic E-state index is 0.156. The second-order valence-corrected chi connectivity index (χ2v) is 8.47. The number of thioether (sulfide) groups is 1. The van der Waals surface area contributed by atoms with Crippen molar-refractivity contribution in [1.82, 2.24) is 4.90 Å². The molecule has 0 radical (unpaired) electrons. The molecule has 1 saturated heterocycles. The van der Waals surface area contributed by atoms with Gasteiger partial charge in [-0.15, -0.1) is 11.8 Å². The van der Waals surface area contributed by atoms with Crippen LogP contribution in [0.3, 0.4) is 0 Å². The maximum absolute atomic E-state index is 13.3. The molecule has 1 unspecified atom stereocenters. The van der Waals surface area contributed by atoms with E-state index in [4.69, 9.17) is 4.74 Å². The van der Waals surface area contributed by atoms with Gasteiger partial charge in [0.15, 0.2) is 0 Å². The highest BCUT2D eigenvalue weighted by Crippen LogP contribution is 2.46. The van der Waals surface area contributed by atoms with Crippen molar-refractivity contribution < 1.29 is 13.9 Å². The lowest BCUT2D eigenvalue weighted by atomic mass is 9.81. The van der Waals surface area contributed by atoms with Crippen molar-refractivity contribution in [2.75, 3.05) is 18.8 Å². The Morgan fingerprint density at radius 2 is 2.00 bits per heavy atom. The van der Waals surface area contributed by atoms with Crippen molar-refractivity contribution in [3.05, 3.63) is 29.6 Å². The van der Waals surface area contributed by atoms with Crippen molar-refractivity contribution >= 4 is 17.9 Å². The molecule has 1 atom stereocenters. The summed E-state index contributed by atoms with van der Waals surface area (Å²) >= 11 is 1.75. The molecule has 2 aliphatic rings. The summed E-state index contributed by atoms with van der Waals surface area (Å²) in [5, 5.41) is 0. The lowest BCUT2D eigenvalue weighted by Crippen LogP contribution is -2.42. The van der Waals surface area contributed by atoms with E-state index >= 15 is 0 Å². The molecule has 3 rings (SSSR count). The molecule has 2 heterocycles. The maximum Gasteiger partial charge on any atom is 0.410 e. The number of ether oxygens (including phenoxy) is 1. The molecular formula is C18H24FNO2S. The Hall–Kier alpha value is -1.23. The number of hydrogen-bond donors (Lipinski definition) is 0. The predicted molar refractivity (Wildman–Crippen MR) is 90.4 cm³/mol. The number of benzene rings is 1. The Balaban J connectivity index is 1.59. The highest BCUT2D eigenvalue weighted by atomic mass is 32.2. The van der Waals surface area contributed by atoms with Gasteiger partial charge < -0.3 is 9.64 Å². The molecule has 3 nitrogen and oxygen atoms in total. The van der Waals surface area contributed by atoms with Crippen LogP contribution in [0.1, 0.15) is 45.1 Å². The Kier molecular flexibility index (Phi) is 4.59. The number of nitrogens with zero attached hydrogens (tertiary/aromatic N) is 1. The van der Waals surface area contributed by atoms with E-state index in [1.807, 2.05) is 31.7 Å². The number of halogens is 1. The highest BCUT2D eigenvalue weighted by Gasteiger charge is 2.34. The molecule has 0 aromatic heterocycles. The zero-order valence-corrected chi connectivity index (χ0v) is 14.8. The largest absolute Gasteiger partial charge is 0.444 e. The number of carbonyl (C=O) groups is 1. The van der Waals surface area contributed by atoms with Gasteiger partial charge in [-0.25, -0.2) is 9.18 Å². The SMILES string of the molecule is CC(C)(C)OC(=O)N1CCC(C2CSc3cc(F)ccc32)CC1. The van der Waals surface area contributed by atoms with E-state index in [-0.39, 0.29) is 11.9 Å².